The zero-order valence-electron chi connectivity index (χ0n) is 80.5. The Morgan fingerprint density at radius 1 is 0.464 bits per heavy atom. The van der Waals surface area contributed by atoms with Crippen LogP contribution in [0.15, 0.2) is 12.4 Å². The van der Waals surface area contributed by atoms with Crippen LogP contribution in [0.4, 0.5) is 0 Å². The summed E-state index contributed by atoms with van der Waals surface area (Å²) in [7, 11) is 0. The molecule has 48 nitrogen and oxygen atoms in total. The SMILES string of the molecule is CCC1CC(C(=O)CCCNC(=O)c2cn(CCOCCC(=O)CCCCC[C@H](NC(=O)CCOCCn3cc(C(=O)NCCNC(=O)C4CC(CC)[C@@H](O[C@@H]5OC(C)[C@@H](O)[C@H](O)C5O)[C@H](O[C@@H]5O[C@@H](CO)[C@H](O)C(O[C@@H](CC6CCCCC6)C(=O)O)C5NC(C)=O)C4)nn3)C(=O)O)nn2)C[C@@H](O[C@@H]2O[C@@H](CO)[C@H](O)C(O[C@@H](CC3CCCCC3)C(=O)O)C2NC(C)=O)[C@@H]1O[C@@H]1OC(C)[C@@H](O)[C@H](O)C1O. The first-order valence-electron chi connectivity index (χ1n) is 49.5. The summed E-state index contributed by atoms with van der Waals surface area (Å²) < 4.78 is 76.7. The maximum atomic E-state index is 14.3. The van der Waals surface area contributed by atoms with Crippen LogP contribution in [0.2, 0.25) is 0 Å². The van der Waals surface area contributed by atoms with Gasteiger partial charge in [0.05, 0.1) is 102 Å². The molecule has 4 aliphatic heterocycles. The number of amides is 6. The van der Waals surface area contributed by atoms with E-state index in [4.69, 9.17) is 56.8 Å². The van der Waals surface area contributed by atoms with E-state index in [2.05, 4.69) is 52.5 Å². The molecule has 4 saturated carbocycles. The van der Waals surface area contributed by atoms with Gasteiger partial charge in [0.25, 0.3) is 11.8 Å². The van der Waals surface area contributed by atoms with Crippen LogP contribution in [-0.4, -0.2) is 386 Å². The highest BCUT2D eigenvalue weighted by molar-refractivity contribution is 5.92. The van der Waals surface area contributed by atoms with E-state index in [1.165, 1.54) is 49.5 Å². The molecule has 12 unspecified atom stereocenters. The second-order valence-electron chi connectivity index (χ2n) is 38.2. The number of rotatable bonds is 55. The largest absolute Gasteiger partial charge is 0.480 e. The van der Waals surface area contributed by atoms with Crippen molar-refractivity contribution in [3.63, 3.8) is 0 Å². The Bertz CT molecular complexity index is 4240. The molecule has 140 heavy (non-hydrogen) atoms. The van der Waals surface area contributed by atoms with Crippen molar-refractivity contribution < 1.29 is 176 Å². The highest BCUT2D eigenvalue weighted by Gasteiger charge is 2.57. The summed E-state index contributed by atoms with van der Waals surface area (Å²) >= 11 is 0. The smallest absolute Gasteiger partial charge is 0.332 e. The van der Waals surface area contributed by atoms with Crippen molar-refractivity contribution >= 4 is 64.9 Å². The predicted molar refractivity (Wildman–Crippen MR) is 481 cm³/mol. The van der Waals surface area contributed by atoms with Crippen molar-refractivity contribution in [3.8, 4) is 0 Å². The molecule has 31 atom stereocenters. The minimum Gasteiger partial charge on any atom is -0.480 e. The van der Waals surface area contributed by atoms with Gasteiger partial charge in [-0.15, -0.1) is 10.2 Å². The molecule has 0 radical (unpaired) electrons. The number of aliphatic hydroxyl groups is 10. The number of aliphatic carboxylic acids is 3. The Morgan fingerprint density at radius 2 is 0.914 bits per heavy atom. The van der Waals surface area contributed by atoms with E-state index in [9.17, 15) is 119 Å². The van der Waals surface area contributed by atoms with Crippen LogP contribution < -0.4 is 31.9 Å². The van der Waals surface area contributed by atoms with Gasteiger partial charge < -0.3 is 155 Å². The summed E-state index contributed by atoms with van der Waals surface area (Å²) in [5.41, 5.74) is -0.0859. The number of carbonyl (C=O) groups is 11. The van der Waals surface area contributed by atoms with E-state index in [-0.39, 0.29) is 171 Å². The van der Waals surface area contributed by atoms with Crippen LogP contribution >= 0.6 is 0 Å². The third kappa shape index (κ3) is 33.0. The molecule has 792 valence electrons. The number of hydrogen-bond acceptors (Lipinski definition) is 37. The molecule has 10 rings (SSSR count). The second kappa shape index (κ2) is 56.4. The molecule has 0 bridgehead atoms. The Labute approximate surface area is 811 Å². The number of nitrogens with one attached hydrogen (secondary N) is 6. The van der Waals surface area contributed by atoms with E-state index >= 15 is 0 Å². The van der Waals surface area contributed by atoms with Crippen molar-refractivity contribution in [3.05, 3.63) is 23.8 Å². The Morgan fingerprint density at radius 3 is 1.36 bits per heavy atom. The predicted octanol–water partition coefficient (Wildman–Crippen LogP) is -1.75. The van der Waals surface area contributed by atoms with E-state index in [1.807, 2.05) is 13.8 Å². The Hall–Kier alpha value is -8.03. The van der Waals surface area contributed by atoms with Gasteiger partial charge in [0, 0.05) is 71.0 Å². The van der Waals surface area contributed by atoms with Gasteiger partial charge in [-0.25, -0.2) is 23.7 Å². The molecule has 6 heterocycles. The number of carbonyl (C=O) groups excluding carboxylic acids is 8. The summed E-state index contributed by atoms with van der Waals surface area (Å²) in [6, 6.07) is -3.98. The lowest BCUT2D eigenvalue weighted by Gasteiger charge is -2.49. The number of aromatic nitrogens is 6. The van der Waals surface area contributed by atoms with Gasteiger partial charge in [-0.1, -0.05) is 114 Å². The lowest BCUT2D eigenvalue weighted by molar-refractivity contribution is -0.338. The van der Waals surface area contributed by atoms with Crippen LogP contribution in [0.3, 0.4) is 0 Å². The Balaban J connectivity index is 0.596. The highest BCUT2D eigenvalue weighted by Crippen LogP contribution is 2.44. The molecule has 6 amide bonds. The van der Waals surface area contributed by atoms with Crippen LogP contribution in [0.5, 0.6) is 0 Å². The molecule has 0 spiro atoms. The molecular formula is C92H148N12O36. The molecule has 48 heteroatoms. The standard InChI is InChI=1S/C92H148N12O36/c1-7-53-39-55(41-62(79(53)139-91-77(118)75(116)71(112)47(3)131-91)135-89-69(96-49(5)107)81(73(114)66(45-105)137-89)133-64(87(125)126)37-51-19-12-9-13-20-51)61(110)25-18-28-93-84(121)59-43-103(101-99-59)31-35-129-33-26-57(109)23-16-11-17-24-58(86(123)124)98-68(111)27-34-130-36-32-104-44-60(100-102-104)85(122)95-30-29-94-83(120)56-40-54(8-2)80(140-92-78(119)76(117)72(113)48(4)132-92)63(42-56)136-90-70(97-50(6)108)82(74(115)67(46-106)138-90)134-65(88(127)128)38-52-21-14-10-15-22-52/h43-44,47-48,51-56,58,62-67,69-82,89-92,105-106,112-119H,7-42,45-46H2,1-6H3,(H,93,121)(H,94,120)(H,95,122)(H,96,107)(H,97,108)(H,98,111)(H,123,124)(H,125,126)(H,127,128)/t47?,48?,53?,54?,55?,56?,58-,62+,63+,64-,65-,66-,67-,69?,70?,71+,72+,73-,74-,75-,76-,77?,78?,79+,80+,81?,82?,89+,90+,91-,92-/m0/s1. The van der Waals surface area contributed by atoms with Gasteiger partial charge in [-0.2, -0.15) is 0 Å². The van der Waals surface area contributed by atoms with Crippen molar-refractivity contribution in [2.45, 2.75) is 393 Å². The fourth-order valence-corrected chi connectivity index (χ4v) is 19.9. The normalized spacial score (nSPS) is 32.5. The van der Waals surface area contributed by atoms with E-state index in [0.717, 1.165) is 64.2 Å². The van der Waals surface area contributed by atoms with Gasteiger partial charge in [-0.05, 0) is 95.3 Å². The number of Topliss-reactive ketones (excluding diaryl/α,β-unsaturated/α-hetero) is 2. The molecular weight excluding hydrogens is 1850 g/mol. The second-order valence-corrected chi connectivity index (χ2v) is 38.2. The topological polar surface area (TPSA) is 695 Å². The number of hydrogen-bond donors (Lipinski definition) is 19. The first-order valence-corrected chi connectivity index (χ1v) is 49.5. The Kier molecular flexibility index (Phi) is 45.9. The monoisotopic (exact) mass is 2000 g/mol. The maximum absolute atomic E-state index is 14.3. The van der Waals surface area contributed by atoms with Crippen molar-refractivity contribution in [1.29, 1.82) is 0 Å². The van der Waals surface area contributed by atoms with Crippen molar-refractivity contribution in [1.82, 2.24) is 61.9 Å². The fourth-order valence-electron chi connectivity index (χ4n) is 19.9. The van der Waals surface area contributed by atoms with Crippen LogP contribution in [-0.2, 0) is 113 Å². The number of carboxylic acid groups (broad SMARTS) is 3. The summed E-state index contributed by atoms with van der Waals surface area (Å²) in [6.07, 6.45) is -19.7. The number of aliphatic hydroxyl groups excluding tert-OH is 10. The average molecular weight is 2000 g/mol. The molecule has 8 fully saturated rings. The molecule has 2 aromatic rings. The van der Waals surface area contributed by atoms with Gasteiger partial charge >= 0.3 is 17.9 Å². The van der Waals surface area contributed by atoms with Crippen LogP contribution in [0.25, 0.3) is 0 Å². The minimum atomic E-state index is -1.74. The van der Waals surface area contributed by atoms with Gasteiger partial charge in [0.1, 0.15) is 103 Å². The van der Waals surface area contributed by atoms with Gasteiger partial charge in [0.15, 0.2) is 48.8 Å². The number of unbranched alkanes of at least 4 members (excludes halogenated alkanes) is 2. The average Bonchev–Trinajstić information content (AvgIpc) is 0.842. The van der Waals surface area contributed by atoms with Crippen LogP contribution in [0.1, 0.15) is 236 Å². The highest BCUT2D eigenvalue weighted by atomic mass is 16.7. The minimum absolute atomic E-state index is 0.00886. The molecule has 8 aliphatic rings. The lowest BCUT2D eigenvalue weighted by atomic mass is 9.74. The summed E-state index contributed by atoms with van der Waals surface area (Å²) in [5.74, 6) is -10.2. The first kappa shape index (κ1) is 114. The zero-order chi connectivity index (χ0) is 102. The van der Waals surface area contributed by atoms with Crippen molar-refractivity contribution in [2.75, 3.05) is 59.3 Å². The molecule has 4 saturated heterocycles. The third-order valence-electron chi connectivity index (χ3n) is 27.9. The van der Waals surface area contributed by atoms with Gasteiger partial charge in [0.2, 0.25) is 23.6 Å². The van der Waals surface area contributed by atoms with Crippen LogP contribution in [0, 0.1) is 35.5 Å². The number of ether oxygens (including phenoxy) is 12. The lowest BCUT2D eigenvalue weighted by Crippen LogP contribution is -2.67. The van der Waals surface area contributed by atoms with E-state index < -0.39 is 256 Å². The number of carboxylic acids is 3. The van der Waals surface area contributed by atoms with E-state index in [1.54, 1.807) is 0 Å². The zero-order valence-corrected chi connectivity index (χ0v) is 80.5. The number of nitrogens with zero attached hydrogens (tertiary/aromatic N) is 6. The molecule has 2 aromatic heterocycles. The summed E-state index contributed by atoms with van der Waals surface area (Å²) in [6.45, 7) is 7.79. The summed E-state index contributed by atoms with van der Waals surface area (Å²) in [5, 5.41) is 172. The number of ketones is 2. The molecule has 4 aliphatic carbocycles. The quantitative estimate of drug-likeness (QED) is 0.0327. The molecule has 19 N–H and O–H groups in total. The van der Waals surface area contributed by atoms with Crippen molar-refractivity contribution in [2.24, 2.45) is 35.5 Å². The summed E-state index contributed by atoms with van der Waals surface area (Å²) in [4.78, 5) is 144. The molecule has 0 aromatic carbocycles. The van der Waals surface area contributed by atoms with E-state index in [0.29, 0.717) is 32.1 Å². The maximum Gasteiger partial charge on any atom is 0.332 e. The first-order chi connectivity index (χ1) is 67.0. The fraction of sp³-hybridized carbons (Fsp3) is 0.837. The van der Waals surface area contributed by atoms with Gasteiger partial charge in [-0.3, -0.25) is 38.4 Å². The third-order valence-corrected chi connectivity index (χ3v) is 27.9.